The monoisotopic (exact) mass is 296 g/mol. The molecule has 0 aromatic rings. The molecule has 7 heteroatoms. The number of imide groups is 1. The van der Waals surface area contributed by atoms with Crippen LogP contribution in [-0.2, 0) is 14.4 Å². The fourth-order valence-corrected chi connectivity index (χ4v) is 3.05. The minimum atomic E-state index is -0.397. The molecule has 0 radical (unpaired) electrons. The highest BCUT2D eigenvalue weighted by Crippen LogP contribution is 2.08. The van der Waals surface area contributed by atoms with E-state index in [0.717, 1.165) is 19.5 Å². The van der Waals surface area contributed by atoms with E-state index in [-0.39, 0.29) is 24.9 Å². The standard InChI is InChI=1S/C14H24N4O3/c1-10-6-17(7-11(2)15-10)8-12(19)16-13(20)9-18-5-3-4-14(18)21/h10-11,15H,3-9H2,1-2H3,(H,16,19,20). The molecule has 0 aliphatic carbocycles. The van der Waals surface area contributed by atoms with Crippen LogP contribution < -0.4 is 10.6 Å². The number of likely N-dealkylation sites (tertiary alicyclic amines) is 1. The number of hydrogen-bond donors (Lipinski definition) is 2. The van der Waals surface area contributed by atoms with Crippen molar-refractivity contribution in [3.8, 4) is 0 Å². The van der Waals surface area contributed by atoms with Gasteiger partial charge in [-0.15, -0.1) is 0 Å². The zero-order valence-corrected chi connectivity index (χ0v) is 12.7. The Kier molecular flexibility index (Phi) is 5.30. The SMILES string of the molecule is CC1CN(CC(=O)NC(=O)CN2CCCC2=O)CC(C)N1. The largest absolute Gasteiger partial charge is 0.333 e. The molecule has 2 saturated heterocycles. The van der Waals surface area contributed by atoms with Crippen LogP contribution in [0.5, 0.6) is 0 Å². The first kappa shape index (κ1) is 15.9. The van der Waals surface area contributed by atoms with Crippen LogP contribution in [0.15, 0.2) is 0 Å². The Morgan fingerprint density at radius 1 is 1.19 bits per heavy atom. The van der Waals surface area contributed by atoms with E-state index in [1.165, 1.54) is 4.90 Å². The average molecular weight is 296 g/mol. The molecule has 0 spiro atoms. The molecule has 2 unspecified atom stereocenters. The van der Waals surface area contributed by atoms with Gasteiger partial charge in [-0.1, -0.05) is 0 Å². The van der Waals surface area contributed by atoms with Crippen molar-refractivity contribution < 1.29 is 14.4 Å². The summed E-state index contributed by atoms with van der Waals surface area (Å²) in [5, 5.41) is 5.76. The van der Waals surface area contributed by atoms with Crippen molar-refractivity contribution >= 4 is 17.7 Å². The van der Waals surface area contributed by atoms with Crippen molar-refractivity contribution in [2.24, 2.45) is 0 Å². The van der Waals surface area contributed by atoms with E-state index in [1.807, 2.05) is 4.90 Å². The molecule has 0 saturated carbocycles. The number of nitrogens with one attached hydrogen (secondary N) is 2. The normalized spacial score (nSPS) is 27.0. The van der Waals surface area contributed by atoms with Gasteiger partial charge in [0.15, 0.2) is 0 Å². The number of rotatable bonds is 4. The summed E-state index contributed by atoms with van der Waals surface area (Å²) >= 11 is 0. The minimum Gasteiger partial charge on any atom is -0.333 e. The van der Waals surface area contributed by atoms with Crippen molar-refractivity contribution in [1.82, 2.24) is 20.4 Å². The van der Waals surface area contributed by atoms with Crippen LogP contribution in [0, 0.1) is 0 Å². The summed E-state index contributed by atoms with van der Waals surface area (Å²) in [6, 6.07) is 0.666. The summed E-state index contributed by atoms with van der Waals surface area (Å²) in [7, 11) is 0. The molecule has 2 fully saturated rings. The van der Waals surface area contributed by atoms with E-state index in [0.29, 0.717) is 25.0 Å². The Morgan fingerprint density at radius 3 is 2.38 bits per heavy atom. The number of nitrogens with zero attached hydrogens (tertiary/aromatic N) is 2. The van der Waals surface area contributed by atoms with Gasteiger partial charge in [0, 0.05) is 38.1 Å². The molecule has 0 aromatic carbocycles. The van der Waals surface area contributed by atoms with Crippen LogP contribution in [0.25, 0.3) is 0 Å². The van der Waals surface area contributed by atoms with Gasteiger partial charge in [0.1, 0.15) is 0 Å². The second-order valence-corrected chi connectivity index (χ2v) is 6.05. The topological polar surface area (TPSA) is 81.8 Å². The first-order chi connectivity index (χ1) is 9.94. The highest BCUT2D eigenvalue weighted by atomic mass is 16.2. The van der Waals surface area contributed by atoms with Gasteiger partial charge in [-0.3, -0.25) is 24.6 Å². The zero-order valence-electron chi connectivity index (χ0n) is 12.7. The summed E-state index contributed by atoms with van der Waals surface area (Å²) in [4.78, 5) is 38.6. The molecule has 2 heterocycles. The van der Waals surface area contributed by atoms with Gasteiger partial charge in [-0.05, 0) is 20.3 Å². The maximum Gasteiger partial charge on any atom is 0.246 e. The lowest BCUT2D eigenvalue weighted by Gasteiger charge is -2.35. The Balaban J connectivity index is 1.73. The van der Waals surface area contributed by atoms with Crippen LogP contribution in [-0.4, -0.2) is 72.3 Å². The number of carbonyl (C=O) groups excluding carboxylic acids is 3. The molecular formula is C14H24N4O3. The number of carbonyl (C=O) groups is 3. The molecule has 0 bridgehead atoms. The van der Waals surface area contributed by atoms with E-state index in [1.54, 1.807) is 0 Å². The third-order valence-electron chi connectivity index (χ3n) is 3.79. The molecular weight excluding hydrogens is 272 g/mol. The summed E-state index contributed by atoms with van der Waals surface area (Å²) in [6.07, 6.45) is 1.29. The number of hydrogen-bond acceptors (Lipinski definition) is 5. The van der Waals surface area contributed by atoms with Gasteiger partial charge < -0.3 is 10.2 Å². The second-order valence-electron chi connectivity index (χ2n) is 6.05. The van der Waals surface area contributed by atoms with Gasteiger partial charge >= 0.3 is 0 Å². The molecule has 3 amide bonds. The first-order valence-corrected chi connectivity index (χ1v) is 7.53. The summed E-state index contributed by atoms with van der Waals surface area (Å²) in [5.74, 6) is -0.707. The summed E-state index contributed by atoms with van der Waals surface area (Å²) in [6.45, 7) is 6.53. The van der Waals surface area contributed by atoms with E-state index in [4.69, 9.17) is 0 Å². The Morgan fingerprint density at radius 2 is 1.81 bits per heavy atom. The van der Waals surface area contributed by atoms with Crippen molar-refractivity contribution in [2.45, 2.75) is 38.8 Å². The Labute approximate surface area is 125 Å². The minimum absolute atomic E-state index is 0.0117. The van der Waals surface area contributed by atoms with Crippen molar-refractivity contribution in [2.75, 3.05) is 32.7 Å². The number of piperazine rings is 1. The Bertz CT molecular complexity index is 416. The molecule has 2 atom stereocenters. The smallest absolute Gasteiger partial charge is 0.246 e. The molecule has 118 valence electrons. The van der Waals surface area contributed by atoms with Crippen molar-refractivity contribution in [1.29, 1.82) is 0 Å². The molecule has 2 rings (SSSR count). The third-order valence-corrected chi connectivity index (χ3v) is 3.79. The van der Waals surface area contributed by atoms with E-state index in [2.05, 4.69) is 24.5 Å². The predicted octanol–water partition coefficient (Wildman–Crippen LogP) is -1.07. The second kappa shape index (κ2) is 7.00. The molecule has 2 aliphatic heterocycles. The number of amides is 3. The lowest BCUT2D eigenvalue weighted by atomic mass is 10.1. The fourth-order valence-electron chi connectivity index (χ4n) is 3.05. The molecule has 2 aliphatic rings. The summed E-state index contributed by atoms with van der Waals surface area (Å²) in [5.41, 5.74) is 0. The Hall–Kier alpha value is -1.47. The lowest BCUT2D eigenvalue weighted by Crippen LogP contribution is -2.56. The third kappa shape index (κ3) is 4.78. The maximum absolute atomic E-state index is 11.9. The maximum atomic E-state index is 11.9. The van der Waals surface area contributed by atoms with Gasteiger partial charge in [0.25, 0.3) is 0 Å². The zero-order chi connectivity index (χ0) is 15.4. The summed E-state index contributed by atoms with van der Waals surface area (Å²) < 4.78 is 0. The highest BCUT2D eigenvalue weighted by Gasteiger charge is 2.25. The van der Waals surface area contributed by atoms with E-state index < -0.39 is 5.91 Å². The van der Waals surface area contributed by atoms with Gasteiger partial charge in [-0.2, -0.15) is 0 Å². The quantitative estimate of drug-likeness (QED) is 0.691. The van der Waals surface area contributed by atoms with Crippen LogP contribution in [0.3, 0.4) is 0 Å². The molecule has 0 aromatic heterocycles. The van der Waals surface area contributed by atoms with Crippen LogP contribution >= 0.6 is 0 Å². The van der Waals surface area contributed by atoms with Gasteiger partial charge in [0.2, 0.25) is 17.7 Å². The van der Waals surface area contributed by atoms with Crippen molar-refractivity contribution in [3.63, 3.8) is 0 Å². The van der Waals surface area contributed by atoms with Crippen LogP contribution in [0.4, 0.5) is 0 Å². The predicted molar refractivity (Wildman–Crippen MR) is 77.5 cm³/mol. The van der Waals surface area contributed by atoms with E-state index in [9.17, 15) is 14.4 Å². The van der Waals surface area contributed by atoms with Gasteiger partial charge in [-0.25, -0.2) is 0 Å². The van der Waals surface area contributed by atoms with Crippen molar-refractivity contribution in [3.05, 3.63) is 0 Å². The highest BCUT2D eigenvalue weighted by molar-refractivity contribution is 5.98. The van der Waals surface area contributed by atoms with Crippen LogP contribution in [0.2, 0.25) is 0 Å². The molecule has 21 heavy (non-hydrogen) atoms. The van der Waals surface area contributed by atoms with Gasteiger partial charge in [0.05, 0.1) is 13.1 Å². The fraction of sp³-hybridized carbons (Fsp3) is 0.786. The van der Waals surface area contributed by atoms with Crippen LogP contribution in [0.1, 0.15) is 26.7 Å². The molecule has 2 N–H and O–H groups in total. The molecule has 7 nitrogen and oxygen atoms in total. The first-order valence-electron chi connectivity index (χ1n) is 7.53. The lowest BCUT2D eigenvalue weighted by molar-refractivity contribution is -0.136. The van der Waals surface area contributed by atoms with E-state index >= 15 is 0 Å². The average Bonchev–Trinajstić information content (AvgIpc) is 2.73.